The molecule has 0 spiro atoms. The molecule has 19 heavy (non-hydrogen) atoms. The van der Waals surface area contributed by atoms with E-state index in [9.17, 15) is 9.59 Å². The topological polar surface area (TPSA) is 54.9 Å². The van der Waals surface area contributed by atoms with Crippen molar-refractivity contribution in [3.8, 4) is 0 Å². The monoisotopic (exact) mass is 284 g/mol. The molecular weight excluding hydrogens is 264 g/mol. The molecular formula is C14H21ClN2O2. The van der Waals surface area contributed by atoms with E-state index in [4.69, 9.17) is 11.6 Å². The Morgan fingerprint density at radius 1 is 1.32 bits per heavy atom. The molecule has 1 N–H and O–H groups in total. The van der Waals surface area contributed by atoms with Crippen LogP contribution in [0.3, 0.4) is 0 Å². The van der Waals surface area contributed by atoms with Crippen LogP contribution in [0.4, 0.5) is 0 Å². The van der Waals surface area contributed by atoms with Crippen molar-refractivity contribution in [1.29, 1.82) is 0 Å². The first kappa shape index (κ1) is 14.4. The van der Waals surface area contributed by atoms with E-state index in [-0.39, 0.29) is 22.0 Å². The first-order valence-electron chi connectivity index (χ1n) is 6.86. The van der Waals surface area contributed by atoms with E-state index in [0.29, 0.717) is 12.1 Å². The summed E-state index contributed by atoms with van der Waals surface area (Å²) in [5.41, 5.74) is -0.0777. The standard InChI is InChI=1S/C14H21ClN2O2/c1-9(2)10-11(15)16-13(19)17(12(10)18)8-14(3)6-4-5-7-14/h9H,4-8H2,1-3H3,(H,16,19). The molecule has 1 saturated carbocycles. The number of H-pyrrole nitrogens is 1. The van der Waals surface area contributed by atoms with Crippen molar-refractivity contribution in [2.45, 2.75) is 58.9 Å². The molecule has 106 valence electrons. The third-order valence-electron chi connectivity index (χ3n) is 4.10. The summed E-state index contributed by atoms with van der Waals surface area (Å²) >= 11 is 5.98. The second kappa shape index (κ2) is 5.16. The fourth-order valence-electron chi connectivity index (χ4n) is 2.97. The Bertz CT molecular complexity index is 580. The van der Waals surface area contributed by atoms with Crippen LogP contribution in [0.1, 0.15) is 57.9 Å². The van der Waals surface area contributed by atoms with Crippen LogP contribution >= 0.6 is 11.6 Å². The smallest absolute Gasteiger partial charge is 0.297 e. The van der Waals surface area contributed by atoms with Crippen molar-refractivity contribution in [2.24, 2.45) is 5.41 Å². The number of rotatable bonds is 3. The van der Waals surface area contributed by atoms with Gasteiger partial charge in [-0.15, -0.1) is 0 Å². The van der Waals surface area contributed by atoms with E-state index >= 15 is 0 Å². The van der Waals surface area contributed by atoms with Gasteiger partial charge in [0.2, 0.25) is 0 Å². The van der Waals surface area contributed by atoms with E-state index in [1.807, 2.05) is 13.8 Å². The summed E-state index contributed by atoms with van der Waals surface area (Å²) in [5, 5.41) is 0.179. The van der Waals surface area contributed by atoms with Crippen LogP contribution in [0, 0.1) is 5.41 Å². The maximum Gasteiger partial charge on any atom is 0.329 e. The number of nitrogens with one attached hydrogen (secondary N) is 1. The van der Waals surface area contributed by atoms with Gasteiger partial charge in [0, 0.05) is 6.54 Å². The molecule has 0 bridgehead atoms. The van der Waals surface area contributed by atoms with Gasteiger partial charge in [-0.3, -0.25) is 14.3 Å². The lowest BCUT2D eigenvalue weighted by Gasteiger charge is -2.24. The van der Waals surface area contributed by atoms with Crippen LogP contribution in [0.2, 0.25) is 5.15 Å². The molecule has 0 amide bonds. The Kier molecular flexibility index (Phi) is 3.90. The zero-order chi connectivity index (χ0) is 14.2. The average Bonchev–Trinajstić information content (AvgIpc) is 2.71. The molecule has 1 aliphatic rings. The molecule has 0 radical (unpaired) electrons. The van der Waals surface area contributed by atoms with Gasteiger partial charge in [-0.2, -0.15) is 0 Å². The van der Waals surface area contributed by atoms with Crippen molar-refractivity contribution < 1.29 is 0 Å². The lowest BCUT2D eigenvalue weighted by atomic mass is 9.89. The summed E-state index contributed by atoms with van der Waals surface area (Å²) in [6.45, 7) is 6.44. The SMILES string of the molecule is CC(C)c1c(Cl)[nH]c(=O)n(CC2(C)CCCC2)c1=O. The molecule has 4 nitrogen and oxygen atoms in total. The predicted octanol–water partition coefficient (Wildman–Crippen LogP) is 2.89. The van der Waals surface area contributed by atoms with Gasteiger partial charge in [-0.05, 0) is 24.2 Å². The highest BCUT2D eigenvalue weighted by Gasteiger charge is 2.30. The highest BCUT2D eigenvalue weighted by Crippen LogP contribution is 2.38. The fraction of sp³-hybridized carbons (Fsp3) is 0.714. The summed E-state index contributed by atoms with van der Waals surface area (Å²) < 4.78 is 1.33. The van der Waals surface area contributed by atoms with Crippen LogP contribution in [0.15, 0.2) is 9.59 Å². The summed E-state index contributed by atoms with van der Waals surface area (Å²) in [6.07, 6.45) is 4.48. The average molecular weight is 285 g/mol. The molecule has 1 aliphatic carbocycles. The first-order chi connectivity index (χ1) is 8.84. The van der Waals surface area contributed by atoms with Gasteiger partial charge in [0.05, 0.1) is 5.56 Å². The largest absolute Gasteiger partial charge is 0.329 e. The molecule has 0 unspecified atom stereocenters. The summed E-state index contributed by atoms with van der Waals surface area (Å²) in [7, 11) is 0. The second-order valence-electron chi connectivity index (χ2n) is 6.22. The van der Waals surface area contributed by atoms with Crippen LogP contribution in [-0.4, -0.2) is 9.55 Å². The molecule has 0 saturated heterocycles. The van der Waals surface area contributed by atoms with Crippen LogP contribution in [0.5, 0.6) is 0 Å². The third-order valence-corrected chi connectivity index (χ3v) is 4.40. The number of nitrogens with zero attached hydrogens (tertiary/aromatic N) is 1. The number of aromatic amines is 1. The third kappa shape index (κ3) is 2.78. The van der Waals surface area contributed by atoms with E-state index in [2.05, 4.69) is 11.9 Å². The van der Waals surface area contributed by atoms with Gasteiger partial charge in [0.1, 0.15) is 5.15 Å². The highest BCUT2D eigenvalue weighted by atomic mass is 35.5. The van der Waals surface area contributed by atoms with Gasteiger partial charge in [0.25, 0.3) is 5.56 Å². The van der Waals surface area contributed by atoms with Crippen LogP contribution < -0.4 is 11.2 Å². The number of halogens is 1. The van der Waals surface area contributed by atoms with Crippen LogP contribution in [0.25, 0.3) is 0 Å². The first-order valence-corrected chi connectivity index (χ1v) is 7.24. The Morgan fingerprint density at radius 2 is 1.89 bits per heavy atom. The van der Waals surface area contributed by atoms with Gasteiger partial charge in [-0.1, -0.05) is 45.2 Å². The van der Waals surface area contributed by atoms with Crippen molar-refractivity contribution in [3.63, 3.8) is 0 Å². The minimum absolute atomic E-state index is 0.000478. The minimum atomic E-state index is -0.396. The van der Waals surface area contributed by atoms with Gasteiger partial charge >= 0.3 is 5.69 Å². The number of hydrogen-bond acceptors (Lipinski definition) is 2. The van der Waals surface area contributed by atoms with Gasteiger partial charge < -0.3 is 0 Å². The maximum absolute atomic E-state index is 12.4. The zero-order valence-electron chi connectivity index (χ0n) is 11.8. The van der Waals surface area contributed by atoms with E-state index in [0.717, 1.165) is 12.8 Å². The van der Waals surface area contributed by atoms with Crippen molar-refractivity contribution >= 4 is 11.6 Å². The normalized spacial score (nSPS) is 18.2. The van der Waals surface area contributed by atoms with Crippen molar-refractivity contribution in [3.05, 3.63) is 31.6 Å². The Balaban J connectivity index is 2.49. The van der Waals surface area contributed by atoms with Gasteiger partial charge in [0.15, 0.2) is 0 Å². The van der Waals surface area contributed by atoms with Crippen molar-refractivity contribution in [1.82, 2.24) is 9.55 Å². The number of aromatic nitrogens is 2. The highest BCUT2D eigenvalue weighted by molar-refractivity contribution is 6.30. The fourth-order valence-corrected chi connectivity index (χ4v) is 3.35. The quantitative estimate of drug-likeness (QED) is 0.868. The van der Waals surface area contributed by atoms with Crippen LogP contribution in [-0.2, 0) is 6.54 Å². The molecule has 0 aliphatic heterocycles. The zero-order valence-corrected chi connectivity index (χ0v) is 12.5. The second-order valence-corrected chi connectivity index (χ2v) is 6.60. The summed E-state index contributed by atoms with van der Waals surface area (Å²) in [6, 6.07) is 0. The Morgan fingerprint density at radius 3 is 2.42 bits per heavy atom. The Labute approximate surface area is 117 Å². The van der Waals surface area contributed by atoms with E-state index in [1.54, 1.807) is 0 Å². The molecule has 1 aromatic rings. The molecule has 1 fully saturated rings. The van der Waals surface area contributed by atoms with Crippen molar-refractivity contribution in [2.75, 3.05) is 0 Å². The molecule has 1 heterocycles. The van der Waals surface area contributed by atoms with Gasteiger partial charge in [-0.25, -0.2) is 4.79 Å². The molecule has 0 atom stereocenters. The molecule has 0 aromatic carbocycles. The lowest BCUT2D eigenvalue weighted by molar-refractivity contribution is 0.271. The van der Waals surface area contributed by atoms with E-state index < -0.39 is 5.69 Å². The molecule has 5 heteroatoms. The minimum Gasteiger partial charge on any atom is -0.297 e. The summed E-state index contributed by atoms with van der Waals surface area (Å²) in [4.78, 5) is 27.0. The lowest BCUT2D eigenvalue weighted by Crippen LogP contribution is -2.41. The van der Waals surface area contributed by atoms with E-state index in [1.165, 1.54) is 17.4 Å². The predicted molar refractivity (Wildman–Crippen MR) is 77.0 cm³/mol. The maximum atomic E-state index is 12.4. The summed E-state index contributed by atoms with van der Waals surface area (Å²) in [5.74, 6) is -0.000478. The molecule has 1 aromatic heterocycles. The Hall–Kier alpha value is -1.03. The number of hydrogen-bond donors (Lipinski definition) is 1. The molecule has 2 rings (SSSR count).